The van der Waals surface area contributed by atoms with E-state index in [-0.39, 0.29) is 0 Å². The standard InChI is InChI=1S/C9H19NO3/c1-4-5-6-9(2,7-13-3)10-8(11)12/h10H,4-7H2,1-3H3,(H,11,12). The highest BCUT2D eigenvalue weighted by atomic mass is 16.5. The minimum atomic E-state index is -0.990. The average molecular weight is 189 g/mol. The SMILES string of the molecule is CCCCC(C)(COC)NC(=O)O. The van der Waals surface area contributed by atoms with Crippen LogP contribution < -0.4 is 5.32 Å². The van der Waals surface area contributed by atoms with Gasteiger partial charge in [-0.1, -0.05) is 19.8 Å². The molecule has 0 bridgehead atoms. The van der Waals surface area contributed by atoms with Crippen LogP contribution in [0.2, 0.25) is 0 Å². The molecule has 4 nitrogen and oxygen atoms in total. The van der Waals surface area contributed by atoms with Crippen LogP contribution in [0.15, 0.2) is 0 Å². The highest BCUT2D eigenvalue weighted by molar-refractivity contribution is 5.65. The largest absolute Gasteiger partial charge is 0.465 e. The van der Waals surface area contributed by atoms with Crippen molar-refractivity contribution in [2.24, 2.45) is 0 Å². The van der Waals surface area contributed by atoms with E-state index >= 15 is 0 Å². The Morgan fingerprint density at radius 1 is 1.62 bits per heavy atom. The van der Waals surface area contributed by atoms with Gasteiger partial charge in [0.25, 0.3) is 0 Å². The van der Waals surface area contributed by atoms with Crippen molar-refractivity contribution in [1.29, 1.82) is 0 Å². The van der Waals surface area contributed by atoms with Gasteiger partial charge in [0, 0.05) is 7.11 Å². The minimum absolute atomic E-state index is 0.416. The number of hydrogen-bond donors (Lipinski definition) is 2. The highest BCUT2D eigenvalue weighted by Crippen LogP contribution is 2.14. The van der Waals surface area contributed by atoms with E-state index in [1.54, 1.807) is 7.11 Å². The van der Waals surface area contributed by atoms with Crippen LogP contribution in [0.25, 0.3) is 0 Å². The molecule has 78 valence electrons. The summed E-state index contributed by atoms with van der Waals surface area (Å²) in [6, 6.07) is 0. The van der Waals surface area contributed by atoms with Gasteiger partial charge in [-0.3, -0.25) is 0 Å². The van der Waals surface area contributed by atoms with E-state index in [0.29, 0.717) is 6.61 Å². The van der Waals surface area contributed by atoms with Crippen molar-refractivity contribution < 1.29 is 14.6 Å². The molecular formula is C9H19NO3. The molecule has 1 unspecified atom stereocenters. The number of ether oxygens (including phenoxy) is 1. The monoisotopic (exact) mass is 189 g/mol. The van der Waals surface area contributed by atoms with Crippen molar-refractivity contribution in [3.05, 3.63) is 0 Å². The van der Waals surface area contributed by atoms with Crippen LogP contribution >= 0.6 is 0 Å². The maximum absolute atomic E-state index is 10.5. The van der Waals surface area contributed by atoms with Crippen LogP contribution in [-0.2, 0) is 4.74 Å². The molecule has 13 heavy (non-hydrogen) atoms. The van der Waals surface area contributed by atoms with Gasteiger partial charge in [-0.25, -0.2) is 4.79 Å². The van der Waals surface area contributed by atoms with Crippen molar-refractivity contribution >= 4 is 6.09 Å². The molecule has 0 radical (unpaired) electrons. The lowest BCUT2D eigenvalue weighted by Crippen LogP contribution is -2.48. The van der Waals surface area contributed by atoms with Crippen LogP contribution in [0.4, 0.5) is 4.79 Å². The zero-order valence-corrected chi connectivity index (χ0v) is 8.59. The summed E-state index contributed by atoms with van der Waals surface area (Å²) in [6.07, 6.45) is 1.88. The maximum atomic E-state index is 10.5. The van der Waals surface area contributed by atoms with E-state index in [9.17, 15) is 4.79 Å². The predicted molar refractivity (Wildman–Crippen MR) is 51.0 cm³/mol. The van der Waals surface area contributed by atoms with Gasteiger partial charge in [0.15, 0.2) is 0 Å². The lowest BCUT2D eigenvalue weighted by molar-refractivity contribution is 0.105. The average Bonchev–Trinajstić information content (AvgIpc) is 2.00. The molecule has 0 aromatic carbocycles. The number of methoxy groups -OCH3 is 1. The first-order valence-corrected chi connectivity index (χ1v) is 4.54. The van der Waals surface area contributed by atoms with Crippen molar-refractivity contribution in [3.8, 4) is 0 Å². The van der Waals surface area contributed by atoms with E-state index in [0.717, 1.165) is 19.3 Å². The molecule has 1 amide bonds. The number of unbranched alkanes of at least 4 members (excludes halogenated alkanes) is 1. The van der Waals surface area contributed by atoms with Crippen LogP contribution in [0.5, 0.6) is 0 Å². The molecule has 0 aliphatic carbocycles. The maximum Gasteiger partial charge on any atom is 0.405 e. The van der Waals surface area contributed by atoms with Crippen LogP contribution in [-0.4, -0.2) is 30.5 Å². The fraction of sp³-hybridized carbons (Fsp3) is 0.889. The number of hydrogen-bond acceptors (Lipinski definition) is 2. The fourth-order valence-corrected chi connectivity index (χ4v) is 1.31. The van der Waals surface area contributed by atoms with E-state index in [1.807, 2.05) is 6.92 Å². The molecule has 0 spiro atoms. The summed E-state index contributed by atoms with van der Waals surface area (Å²) in [5.74, 6) is 0. The van der Waals surface area contributed by atoms with Gasteiger partial charge in [-0.2, -0.15) is 0 Å². The number of nitrogens with one attached hydrogen (secondary N) is 1. The Morgan fingerprint density at radius 2 is 2.23 bits per heavy atom. The zero-order chi connectivity index (χ0) is 10.3. The first-order chi connectivity index (χ1) is 6.04. The van der Waals surface area contributed by atoms with Gasteiger partial charge in [0.05, 0.1) is 12.1 Å². The van der Waals surface area contributed by atoms with Crippen molar-refractivity contribution in [2.75, 3.05) is 13.7 Å². The third-order valence-corrected chi connectivity index (χ3v) is 1.95. The molecule has 0 saturated carbocycles. The normalized spacial score (nSPS) is 15.0. The first kappa shape index (κ1) is 12.2. The van der Waals surface area contributed by atoms with Crippen molar-refractivity contribution in [2.45, 2.75) is 38.6 Å². The Kier molecular flexibility index (Phi) is 5.46. The molecule has 0 aliphatic rings. The lowest BCUT2D eigenvalue weighted by Gasteiger charge is -2.28. The van der Waals surface area contributed by atoms with Crippen LogP contribution in [0.1, 0.15) is 33.1 Å². The second kappa shape index (κ2) is 5.80. The molecule has 2 N–H and O–H groups in total. The molecule has 0 aliphatic heterocycles. The summed E-state index contributed by atoms with van der Waals surface area (Å²) >= 11 is 0. The molecular weight excluding hydrogens is 170 g/mol. The van der Waals surface area contributed by atoms with Gasteiger partial charge in [-0.05, 0) is 13.3 Å². The minimum Gasteiger partial charge on any atom is -0.465 e. The number of rotatable bonds is 6. The Hall–Kier alpha value is -0.770. The topological polar surface area (TPSA) is 58.6 Å². The fourth-order valence-electron chi connectivity index (χ4n) is 1.31. The summed E-state index contributed by atoms with van der Waals surface area (Å²) in [5, 5.41) is 11.1. The van der Waals surface area contributed by atoms with E-state index in [2.05, 4.69) is 12.2 Å². The third kappa shape index (κ3) is 5.47. The van der Waals surface area contributed by atoms with E-state index < -0.39 is 11.6 Å². The highest BCUT2D eigenvalue weighted by Gasteiger charge is 2.25. The number of carboxylic acid groups (broad SMARTS) is 1. The van der Waals surface area contributed by atoms with Gasteiger partial charge >= 0.3 is 6.09 Å². The Morgan fingerprint density at radius 3 is 2.62 bits per heavy atom. The first-order valence-electron chi connectivity index (χ1n) is 4.54. The van der Waals surface area contributed by atoms with Crippen LogP contribution in [0, 0.1) is 0 Å². The molecule has 0 rings (SSSR count). The molecule has 0 aromatic heterocycles. The van der Waals surface area contributed by atoms with Crippen molar-refractivity contribution in [3.63, 3.8) is 0 Å². The lowest BCUT2D eigenvalue weighted by atomic mass is 9.96. The Labute approximate surface area is 79.3 Å². The second-order valence-corrected chi connectivity index (χ2v) is 3.53. The Bertz CT molecular complexity index is 161. The van der Waals surface area contributed by atoms with E-state index in [4.69, 9.17) is 9.84 Å². The summed E-state index contributed by atoms with van der Waals surface area (Å²) in [5.41, 5.74) is -0.448. The molecule has 0 heterocycles. The van der Waals surface area contributed by atoms with Crippen LogP contribution in [0.3, 0.4) is 0 Å². The predicted octanol–water partition coefficient (Wildman–Crippen LogP) is 1.85. The molecule has 4 heteroatoms. The van der Waals surface area contributed by atoms with E-state index in [1.165, 1.54) is 0 Å². The van der Waals surface area contributed by atoms with Gasteiger partial charge in [0.1, 0.15) is 0 Å². The quantitative estimate of drug-likeness (QED) is 0.670. The molecule has 0 saturated heterocycles. The summed E-state index contributed by atoms with van der Waals surface area (Å²) < 4.78 is 4.98. The summed E-state index contributed by atoms with van der Waals surface area (Å²) in [4.78, 5) is 10.5. The smallest absolute Gasteiger partial charge is 0.405 e. The van der Waals surface area contributed by atoms with Gasteiger partial charge in [0.2, 0.25) is 0 Å². The van der Waals surface area contributed by atoms with Gasteiger partial charge < -0.3 is 15.2 Å². The van der Waals surface area contributed by atoms with Crippen molar-refractivity contribution in [1.82, 2.24) is 5.32 Å². The molecule has 0 aromatic rings. The molecule has 1 atom stereocenters. The molecule has 0 fully saturated rings. The number of carbonyl (C=O) groups is 1. The van der Waals surface area contributed by atoms with Gasteiger partial charge in [-0.15, -0.1) is 0 Å². The zero-order valence-electron chi connectivity index (χ0n) is 8.59. The third-order valence-electron chi connectivity index (χ3n) is 1.95. The summed E-state index contributed by atoms with van der Waals surface area (Å²) in [6.45, 7) is 4.35. The number of amides is 1. The second-order valence-electron chi connectivity index (χ2n) is 3.53. The Balaban J connectivity index is 4.06. The summed E-state index contributed by atoms with van der Waals surface area (Å²) in [7, 11) is 1.58.